The first-order valence-electron chi connectivity index (χ1n) is 8.94. The number of nitro benzene ring substituents is 1. The van der Waals surface area contributed by atoms with Gasteiger partial charge >= 0.3 is 0 Å². The molecule has 1 heterocycles. The monoisotopic (exact) mass is 396 g/mol. The van der Waals surface area contributed by atoms with E-state index in [1.807, 2.05) is 19.1 Å². The van der Waals surface area contributed by atoms with Crippen molar-refractivity contribution in [2.45, 2.75) is 20.4 Å². The highest BCUT2D eigenvalue weighted by Crippen LogP contribution is 2.22. The molecule has 3 aromatic rings. The molecule has 0 aliphatic rings. The van der Waals surface area contributed by atoms with Gasteiger partial charge in [0.05, 0.1) is 12.0 Å². The largest absolute Gasteiger partial charge is 0.497 e. The second-order valence-corrected chi connectivity index (χ2v) is 6.32. The molecule has 0 bridgehead atoms. The van der Waals surface area contributed by atoms with Crippen molar-refractivity contribution in [2.75, 3.05) is 13.7 Å². The van der Waals surface area contributed by atoms with E-state index in [1.54, 1.807) is 26.2 Å². The summed E-state index contributed by atoms with van der Waals surface area (Å²) in [6.07, 6.45) is 0. The van der Waals surface area contributed by atoms with Crippen molar-refractivity contribution < 1.29 is 19.0 Å². The van der Waals surface area contributed by atoms with Gasteiger partial charge in [-0.25, -0.2) is 0 Å². The highest BCUT2D eigenvalue weighted by atomic mass is 16.6. The molecule has 0 N–H and O–H groups in total. The number of hydrogen-bond donors (Lipinski definition) is 0. The minimum absolute atomic E-state index is 0.0226. The number of hydrogen-bond acceptors (Lipinski definition) is 7. The van der Waals surface area contributed by atoms with E-state index in [0.29, 0.717) is 29.4 Å². The summed E-state index contributed by atoms with van der Waals surface area (Å²) in [7, 11) is 1.59. The molecule has 0 aliphatic heterocycles. The Balaban J connectivity index is 1.76. The number of nitro groups is 1. The number of aryl methyl sites for hydroxylation is 1. The third-order valence-electron chi connectivity index (χ3n) is 4.45. The number of methoxy groups -OCH3 is 1. The molecule has 0 radical (unpaired) electrons. The molecule has 2 aromatic carbocycles. The van der Waals surface area contributed by atoms with Crippen molar-refractivity contribution in [3.05, 3.63) is 69.6 Å². The maximum Gasteiger partial charge on any atom is 0.272 e. The first kappa shape index (κ1) is 20.0. The third kappa shape index (κ3) is 4.40. The van der Waals surface area contributed by atoms with E-state index in [4.69, 9.17) is 9.26 Å². The number of carbonyl (C=O) groups excluding carboxylic acids is 1. The van der Waals surface area contributed by atoms with Gasteiger partial charge in [0.15, 0.2) is 0 Å². The van der Waals surface area contributed by atoms with E-state index < -0.39 is 4.92 Å². The van der Waals surface area contributed by atoms with Gasteiger partial charge in [0.25, 0.3) is 11.6 Å². The Bertz CT molecular complexity index is 1030. The average Bonchev–Trinajstić information content (AvgIpc) is 3.19. The minimum atomic E-state index is -0.472. The van der Waals surface area contributed by atoms with Crippen LogP contribution in [0, 0.1) is 17.0 Å². The van der Waals surface area contributed by atoms with Gasteiger partial charge in [-0.15, -0.1) is 0 Å². The second kappa shape index (κ2) is 8.51. The van der Waals surface area contributed by atoms with Crippen LogP contribution >= 0.6 is 0 Å². The predicted octanol–water partition coefficient (Wildman–Crippen LogP) is 3.62. The molecule has 0 spiro atoms. The van der Waals surface area contributed by atoms with E-state index in [1.165, 1.54) is 23.1 Å². The van der Waals surface area contributed by atoms with Crippen LogP contribution in [0.15, 0.2) is 47.0 Å². The molecule has 1 amide bonds. The summed E-state index contributed by atoms with van der Waals surface area (Å²) in [5, 5.41) is 14.9. The van der Waals surface area contributed by atoms with Crippen LogP contribution in [0.3, 0.4) is 0 Å². The van der Waals surface area contributed by atoms with Crippen molar-refractivity contribution in [1.82, 2.24) is 15.0 Å². The molecular weight excluding hydrogens is 376 g/mol. The van der Waals surface area contributed by atoms with Crippen LogP contribution in [0.5, 0.6) is 5.75 Å². The average molecular weight is 396 g/mol. The van der Waals surface area contributed by atoms with Gasteiger partial charge in [-0.05, 0) is 50.2 Å². The Morgan fingerprint density at radius 2 is 1.97 bits per heavy atom. The smallest absolute Gasteiger partial charge is 0.272 e. The molecule has 29 heavy (non-hydrogen) atoms. The number of rotatable bonds is 7. The van der Waals surface area contributed by atoms with Crippen LogP contribution in [0.2, 0.25) is 0 Å². The molecule has 0 unspecified atom stereocenters. The lowest BCUT2D eigenvalue weighted by molar-refractivity contribution is -0.385. The Morgan fingerprint density at radius 3 is 2.55 bits per heavy atom. The lowest BCUT2D eigenvalue weighted by Crippen LogP contribution is -2.30. The van der Waals surface area contributed by atoms with Crippen LogP contribution in [0.4, 0.5) is 5.69 Å². The van der Waals surface area contributed by atoms with Crippen LogP contribution in [-0.4, -0.2) is 39.5 Å². The van der Waals surface area contributed by atoms with E-state index in [9.17, 15) is 14.9 Å². The highest BCUT2D eigenvalue weighted by molar-refractivity contribution is 5.94. The summed E-state index contributed by atoms with van der Waals surface area (Å²) in [6, 6.07) is 11.5. The first-order chi connectivity index (χ1) is 13.9. The SMILES string of the molecule is CCN(Cc1nc(-c2ccc(OC)cc2)no1)C(=O)c1ccc([N+](=O)[O-])c(C)c1. The molecule has 0 atom stereocenters. The molecule has 150 valence electrons. The third-order valence-corrected chi connectivity index (χ3v) is 4.45. The number of ether oxygens (including phenoxy) is 1. The summed E-state index contributed by atoms with van der Waals surface area (Å²) in [5.74, 6) is 1.16. The van der Waals surface area contributed by atoms with Crippen LogP contribution in [-0.2, 0) is 6.54 Å². The molecule has 9 nitrogen and oxygen atoms in total. The molecule has 3 rings (SSSR count). The number of amides is 1. The van der Waals surface area contributed by atoms with Crippen molar-refractivity contribution in [3.8, 4) is 17.1 Å². The Kier molecular flexibility index (Phi) is 5.87. The number of benzene rings is 2. The number of nitrogens with zero attached hydrogens (tertiary/aromatic N) is 4. The van der Waals surface area contributed by atoms with E-state index in [0.717, 1.165) is 11.3 Å². The number of carbonyl (C=O) groups is 1. The van der Waals surface area contributed by atoms with Crippen LogP contribution in [0.1, 0.15) is 28.7 Å². The zero-order valence-electron chi connectivity index (χ0n) is 16.3. The highest BCUT2D eigenvalue weighted by Gasteiger charge is 2.20. The summed E-state index contributed by atoms with van der Waals surface area (Å²) < 4.78 is 10.4. The van der Waals surface area contributed by atoms with Crippen molar-refractivity contribution in [2.24, 2.45) is 0 Å². The molecule has 0 fully saturated rings. The van der Waals surface area contributed by atoms with Gasteiger partial charge in [-0.3, -0.25) is 14.9 Å². The number of aromatic nitrogens is 2. The maximum absolute atomic E-state index is 12.8. The van der Waals surface area contributed by atoms with Gasteiger partial charge in [0.1, 0.15) is 12.3 Å². The van der Waals surface area contributed by atoms with Gasteiger partial charge in [0.2, 0.25) is 11.7 Å². The Labute approximate surface area is 167 Å². The van der Waals surface area contributed by atoms with Gasteiger partial charge in [-0.1, -0.05) is 5.16 Å². The predicted molar refractivity (Wildman–Crippen MR) is 105 cm³/mol. The van der Waals surface area contributed by atoms with Gasteiger partial charge in [0, 0.05) is 29.3 Å². The lowest BCUT2D eigenvalue weighted by atomic mass is 10.1. The van der Waals surface area contributed by atoms with Crippen LogP contribution in [0.25, 0.3) is 11.4 Å². The molecular formula is C20H20N4O5. The van der Waals surface area contributed by atoms with E-state index in [-0.39, 0.29) is 18.1 Å². The molecule has 0 saturated heterocycles. The molecule has 0 saturated carbocycles. The molecule has 0 aliphatic carbocycles. The zero-order chi connectivity index (χ0) is 21.0. The normalized spacial score (nSPS) is 10.6. The fraction of sp³-hybridized carbons (Fsp3) is 0.250. The minimum Gasteiger partial charge on any atom is -0.497 e. The summed E-state index contributed by atoms with van der Waals surface area (Å²) in [6.45, 7) is 3.98. The zero-order valence-corrected chi connectivity index (χ0v) is 16.3. The quantitative estimate of drug-likeness (QED) is 0.443. The Hall–Kier alpha value is -3.75. The standard InChI is InChI=1S/C20H20N4O5/c1-4-23(20(25)15-7-10-17(24(26)27)13(2)11-15)12-18-21-19(22-29-18)14-5-8-16(28-3)9-6-14/h5-11H,4,12H2,1-3H3. The summed E-state index contributed by atoms with van der Waals surface area (Å²) in [5.41, 5.74) is 1.54. The Morgan fingerprint density at radius 1 is 1.24 bits per heavy atom. The maximum atomic E-state index is 12.8. The second-order valence-electron chi connectivity index (χ2n) is 6.32. The molecule has 9 heteroatoms. The first-order valence-corrected chi connectivity index (χ1v) is 8.94. The van der Waals surface area contributed by atoms with E-state index in [2.05, 4.69) is 10.1 Å². The van der Waals surface area contributed by atoms with Crippen molar-refractivity contribution in [1.29, 1.82) is 0 Å². The lowest BCUT2D eigenvalue weighted by Gasteiger charge is -2.19. The van der Waals surface area contributed by atoms with Gasteiger partial charge < -0.3 is 14.2 Å². The van der Waals surface area contributed by atoms with Crippen molar-refractivity contribution in [3.63, 3.8) is 0 Å². The van der Waals surface area contributed by atoms with E-state index >= 15 is 0 Å². The summed E-state index contributed by atoms with van der Waals surface area (Å²) in [4.78, 5) is 29.2. The fourth-order valence-electron chi connectivity index (χ4n) is 2.84. The summed E-state index contributed by atoms with van der Waals surface area (Å²) >= 11 is 0. The fourth-order valence-corrected chi connectivity index (χ4v) is 2.84. The topological polar surface area (TPSA) is 112 Å². The van der Waals surface area contributed by atoms with Crippen LogP contribution < -0.4 is 4.74 Å². The molecule has 1 aromatic heterocycles. The van der Waals surface area contributed by atoms with Crippen molar-refractivity contribution >= 4 is 11.6 Å². The van der Waals surface area contributed by atoms with Gasteiger partial charge in [-0.2, -0.15) is 4.98 Å².